The van der Waals surface area contributed by atoms with E-state index in [1.54, 1.807) is 0 Å². The Balaban J connectivity index is 2.44. The highest BCUT2D eigenvalue weighted by Gasteiger charge is 2.33. The third-order valence-electron chi connectivity index (χ3n) is 3.79. The summed E-state index contributed by atoms with van der Waals surface area (Å²) in [5.41, 5.74) is 6.10. The lowest BCUT2D eigenvalue weighted by molar-refractivity contribution is -0.136. The number of rotatable bonds is 7. The topological polar surface area (TPSA) is 97.4 Å². The fraction of sp³-hybridized carbons (Fsp3) is 0.294. The van der Waals surface area contributed by atoms with Gasteiger partial charge in [-0.2, -0.15) is 0 Å². The Labute approximate surface area is 149 Å². The maximum absolute atomic E-state index is 14.5. The molecule has 1 aliphatic carbocycles. The van der Waals surface area contributed by atoms with Crippen LogP contribution in [0.2, 0.25) is 5.02 Å². The van der Waals surface area contributed by atoms with Gasteiger partial charge in [0.15, 0.2) is 11.6 Å². The lowest BCUT2D eigenvalue weighted by atomic mass is 10.1. The van der Waals surface area contributed by atoms with E-state index in [4.69, 9.17) is 32.2 Å². The van der Waals surface area contributed by atoms with E-state index in [-0.39, 0.29) is 39.5 Å². The molecule has 2 rings (SSSR count). The van der Waals surface area contributed by atoms with E-state index in [0.717, 1.165) is 12.8 Å². The van der Waals surface area contributed by atoms with E-state index >= 15 is 0 Å². The molecule has 0 radical (unpaired) electrons. The molecule has 0 atom stereocenters. The molecule has 0 aliphatic heterocycles. The van der Waals surface area contributed by atoms with Gasteiger partial charge in [0, 0.05) is 16.8 Å². The normalized spacial score (nSPS) is 14.4. The molecule has 134 valence electrons. The Bertz CT molecular complexity index is 773. The van der Waals surface area contributed by atoms with Gasteiger partial charge < -0.3 is 20.5 Å². The summed E-state index contributed by atoms with van der Waals surface area (Å²) in [7, 11) is 2.51. The summed E-state index contributed by atoms with van der Waals surface area (Å²) in [6.07, 6.45) is 1.62. The fourth-order valence-electron chi connectivity index (χ4n) is 2.43. The zero-order chi connectivity index (χ0) is 18.7. The molecule has 1 aromatic carbocycles. The number of hydrogen-bond donors (Lipinski definition) is 3. The number of nitrogens with one attached hydrogen (secondary N) is 2. The minimum Gasteiger partial charge on any atom is -0.492 e. The third-order valence-corrected chi connectivity index (χ3v) is 4.09. The lowest BCUT2D eigenvalue weighted by Gasteiger charge is -2.17. The second kappa shape index (κ2) is 7.57. The number of hydrogen-bond acceptors (Lipinski definition) is 5. The van der Waals surface area contributed by atoms with Gasteiger partial charge in [0.2, 0.25) is 0 Å². The number of halogens is 2. The summed E-state index contributed by atoms with van der Waals surface area (Å²) < 4.78 is 24.2. The van der Waals surface area contributed by atoms with Crippen LogP contribution in [-0.4, -0.2) is 26.0 Å². The summed E-state index contributed by atoms with van der Waals surface area (Å²) in [5.74, 6) is -1.79. The van der Waals surface area contributed by atoms with Crippen LogP contribution in [0.4, 0.5) is 4.39 Å². The van der Waals surface area contributed by atoms with Crippen LogP contribution in [0.1, 0.15) is 18.4 Å². The van der Waals surface area contributed by atoms with Crippen LogP contribution in [0.25, 0.3) is 5.70 Å². The number of amidine groups is 1. The van der Waals surface area contributed by atoms with E-state index < -0.39 is 11.8 Å². The maximum atomic E-state index is 14.5. The van der Waals surface area contributed by atoms with E-state index in [2.05, 4.69) is 11.9 Å². The summed E-state index contributed by atoms with van der Waals surface area (Å²) >= 11 is 5.88. The van der Waals surface area contributed by atoms with Crippen molar-refractivity contribution in [2.45, 2.75) is 12.8 Å². The van der Waals surface area contributed by atoms with Crippen molar-refractivity contribution in [1.29, 1.82) is 5.41 Å². The Hall–Kier alpha value is -2.54. The molecule has 0 heterocycles. The van der Waals surface area contributed by atoms with Crippen LogP contribution in [0, 0.1) is 17.1 Å². The van der Waals surface area contributed by atoms with Crippen LogP contribution >= 0.6 is 11.6 Å². The van der Waals surface area contributed by atoms with Crippen molar-refractivity contribution in [3.8, 4) is 5.75 Å². The van der Waals surface area contributed by atoms with Crippen molar-refractivity contribution in [2.24, 2.45) is 11.7 Å². The van der Waals surface area contributed by atoms with Gasteiger partial charge in [-0.3, -0.25) is 5.41 Å². The van der Waals surface area contributed by atoms with E-state index in [1.807, 2.05) is 0 Å². The smallest absolute Gasteiger partial charge is 0.354 e. The summed E-state index contributed by atoms with van der Waals surface area (Å²) in [4.78, 5) is 12.1. The molecule has 1 aliphatic rings. The largest absolute Gasteiger partial charge is 0.492 e. The van der Waals surface area contributed by atoms with Crippen LogP contribution in [0.3, 0.4) is 0 Å². The molecular weight excluding hydrogens is 349 g/mol. The monoisotopic (exact) mass is 367 g/mol. The highest BCUT2D eigenvalue weighted by atomic mass is 35.5. The molecule has 25 heavy (non-hydrogen) atoms. The average Bonchev–Trinajstić information content (AvgIpc) is 3.38. The van der Waals surface area contributed by atoms with E-state index in [0.29, 0.717) is 5.57 Å². The SMILES string of the molecule is C=C(NC(C(=O)OC)=C(C(=N)N)C1CC1)c1ccc(Cl)c(OC)c1F. The molecule has 0 aromatic heterocycles. The Kier molecular flexibility index (Phi) is 5.69. The molecule has 1 saturated carbocycles. The van der Waals surface area contributed by atoms with Gasteiger partial charge in [-0.25, -0.2) is 9.18 Å². The second-order valence-electron chi connectivity index (χ2n) is 5.51. The van der Waals surface area contributed by atoms with E-state index in [9.17, 15) is 9.18 Å². The van der Waals surface area contributed by atoms with Crippen molar-refractivity contribution in [3.05, 3.63) is 46.4 Å². The van der Waals surface area contributed by atoms with Gasteiger partial charge >= 0.3 is 5.97 Å². The van der Waals surface area contributed by atoms with Gasteiger partial charge in [0.1, 0.15) is 11.5 Å². The number of benzene rings is 1. The van der Waals surface area contributed by atoms with Gasteiger partial charge in [0.25, 0.3) is 0 Å². The Morgan fingerprint density at radius 1 is 1.44 bits per heavy atom. The average molecular weight is 368 g/mol. The van der Waals surface area contributed by atoms with Crippen molar-refractivity contribution in [1.82, 2.24) is 5.32 Å². The Morgan fingerprint density at radius 2 is 2.08 bits per heavy atom. The number of methoxy groups -OCH3 is 2. The lowest BCUT2D eigenvalue weighted by Crippen LogP contribution is -2.28. The summed E-state index contributed by atoms with van der Waals surface area (Å²) in [5, 5.41) is 10.6. The van der Waals surface area contributed by atoms with E-state index in [1.165, 1.54) is 26.4 Å². The quantitative estimate of drug-likeness (QED) is 0.298. The highest BCUT2D eigenvalue weighted by molar-refractivity contribution is 6.32. The first kappa shape index (κ1) is 18.8. The zero-order valence-electron chi connectivity index (χ0n) is 13.9. The predicted octanol–water partition coefficient (Wildman–Crippen LogP) is 2.82. The molecule has 0 bridgehead atoms. The number of esters is 1. The number of carbonyl (C=O) groups excluding carboxylic acids is 1. The molecule has 6 nitrogen and oxygen atoms in total. The molecular formula is C17H19ClFN3O3. The van der Waals surface area contributed by atoms with Crippen LogP contribution in [0.15, 0.2) is 30.0 Å². The predicted molar refractivity (Wildman–Crippen MR) is 93.8 cm³/mol. The maximum Gasteiger partial charge on any atom is 0.354 e. The van der Waals surface area contributed by atoms with Crippen LogP contribution in [0.5, 0.6) is 5.75 Å². The summed E-state index contributed by atoms with van der Waals surface area (Å²) in [6, 6.07) is 2.87. The molecule has 0 saturated heterocycles. The van der Waals surface area contributed by atoms with Gasteiger partial charge in [-0.05, 0) is 30.9 Å². The second-order valence-corrected chi connectivity index (χ2v) is 5.92. The van der Waals surface area contributed by atoms with Crippen molar-refractivity contribution < 1.29 is 18.7 Å². The number of ether oxygens (including phenoxy) is 2. The fourth-order valence-corrected chi connectivity index (χ4v) is 2.66. The number of nitrogens with two attached hydrogens (primary N) is 1. The third kappa shape index (κ3) is 3.93. The number of carbonyl (C=O) groups is 1. The zero-order valence-corrected chi connectivity index (χ0v) is 14.7. The van der Waals surface area contributed by atoms with Gasteiger partial charge in [-0.15, -0.1) is 0 Å². The molecule has 1 aromatic rings. The first-order valence-electron chi connectivity index (χ1n) is 7.46. The van der Waals surface area contributed by atoms with Crippen LogP contribution in [-0.2, 0) is 9.53 Å². The minimum atomic E-state index is -0.715. The standard InChI is InChI=1S/C17H19ClFN3O3/c1-8(10-6-7-11(18)15(24-2)13(10)19)22-14(17(23)25-3)12(16(20)21)9-4-5-9/h6-7,9,22H,1,4-5H2,2-3H3,(H3,20,21). The van der Waals surface area contributed by atoms with Crippen molar-refractivity contribution in [3.63, 3.8) is 0 Å². The van der Waals surface area contributed by atoms with Gasteiger partial charge in [0.05, 0.1) is 19.2 Å². The highest BCUT2D eigenvalue weighted by Crippen LogP contribution is 2.38. The van der Waals surface area contributed by atoms with Crippen LogP contribution < -0.4 is 15.8 Å². The molecule has 8 heteroatoms. The molecule has 0 unspecified atom stereocenters. The van der Waals surface area contributed by atoms with Crippen molar-refractivity contribution in [2.75, 3.05) is 14.2 Å². The van der Waals surface area contributed by atoms with Gasteiger partial charge in [-0.1, -0.05) is 18.2 Å². The molecule has 0 amide bonds. The first-order chi connectivity index (χ1) is 11.8. The molecule has 1 fully saturated rings. The first-order valence-corrected chi connectivity index (χ1v) is 7.84. The van der Waals surface area contributed by atoms with Crippen molar-refractivity contribution >= 4 is 29.1 Å². The molecule has 0 spiro atoms. The Morgan fingerprint density at radius 3 is 2.56 bits per heavy atom. The molecule has 4 N–H and O–H groups in total. The summed E-state index contributed by atoms with van der Waals surface area (Å²) in [6.45, 7) is 3.77. The minimum absolute atomic E-state index is 0.00324.